The number of aryl methyl sites for hydroxylation is 1. The van der Waals surface area contributed by atoms with Crippen molar-refractivity contribution < 1.29 is 9.90 Å². The summed E-state index contributed by atoms with van der Waals surface area (Å²) in [5.74, 6) is -0.671. The van der Waals surface area contributed by atoms with Crippen molar-refractivity contribution >= 4 is 17.3 Å². The van der Waals surface area contributed by atoms with Crippen LogP contribution in [0.15, 0.2) is 12.1 Å². The Morgan fingerprint density at radius 3 is 2.64 bits per heavy atom. The Kier molecular flexibility index (Phi) is 2.35. The van der Waals surface area contributed by atoms with Crippen LogP contribution in [0.3, 0.4) is 0 Å². The first-order valence-electron chi connectivity index (χ1n) is 4.91. The van der Waals surface area contributed by atoms with Crippen LogP contribution in [-0.2, 0) is 10.2 Å². The van der Waals surface area contributed by atoms with Crippen LogP contribution in [-0.4, -0.2) is 11.1 Å². The lowest BCUT2D eigenvalue weighted by atomic mass is 9.66. The Morgan fingerprint density at radius 1 is 1.57 bits per heavy atom. The number of aliphatic carboxylic acids is 1. The van der Waals surface area contributed by atoms with Crippen molar-refractivity contribution in [3.8, 4) is 0 Å². The highest BCUT2D eigenvalue weighted by molar-refractivity contribution is 7.12. The van der Waals surface area contributed by atoms with Gasteiger partial charge in [-0.3, -0.25) is 4.79 Å². The number of hydrogen-bond acceptors (Lipinski definition) is 2. The van der Waals surface area contributed by atoms with Crippen LogP contribution < -0.4 is 0 Å². The summed E-state index contributed by atoms with van der Waals surface area (Å²) in [5.41, 5.74) is -0.0231. The lowest BCUT2D eigenvalue weighted by Crippen LogP contribution is -2.35. The first-order valence-corrected chi connectivity index (χ1v) is 5.73. The molecule has 1 aliphatic rings. The molecule has 3 heteroatoms. The lowest BCUT2D eigenvalue weighted by molar-refractivity contribution is -0.139. The highest BCUT2D eigenvalue weighted by Gasteiger charge is 2.41. The molecule has 1 N–H and O–H groups in total. The van der Waals surface area contributed by atoms with E-state index >= 15 is 0 Å². The molecule has 2 nitrogen and oxygen atoms in total. The van der Waals surface area contributed by atoms with Crippen LogP contribution in [0.5, 0.6) is 0 Å². The summed E-state index contributed by atoms with van der Waals surface area (Å²) in [6.45, 7) is 2.07. The maximum atomic E-state index is 10.8. The number of carboxylic acids is 1. The van der Waals surface area contributed by atoms with Gasteiger partial charge in [-0.2, -0.15) is 0 Å². The quantitative estimate of drug-likeness (QED) is 0.832. The molecular formula is C11H14O2S. The number of thiophene rings is 1. The van der Waals surface area contributed by atoms with Crippen LogP contribution in [0, 0.1) is 6.92 Å². The average molecular weight is 210 g/mol. The summed E-state index contributed by atoms with van der Waals surface area (Å²) >= 11 is 1.75. The molecule has 1 aromatic heterocycles. The predicted octanol–water partition coefficient (Wildman–Crippen LogP) is 2.95. The monoisotopic (exact) mass is 210 g/mol. The second kappa shape index (κ2) is 3.39. The first kappa shape index (κ1) is 9.71. The largest absolute Gasteiger partial charge is 0.481 e. The molecule has 0 bridgehead atoms. The predicted molar refractivity (Wildman–Crippen MR) is 56.8 cm³/mol. The summed E-state index contributed by atoms with van der Waals surface area (Å²) in [6.07, 6.45) is 3.55. The van der Waals surface area contributed by atoms with E-state index < -0.39 is 5.97 Å². The van der Waals surface area contributed by atoms with Gasteiger partial charge in [-0.1, -0.05) is 6.42 Å². The molecule has 0 radical (unpaired) electrons. The van der Waals surface area contributed by atoms with Gasteiger partial charge in [0.15, 0.2) is 0 Å². The maximum absolute atomic E-state index is 10.8. The van der Waals surface area contributed by atoms with E-state index in [1.165, 1.54) is 16.2 Å². The standard InChI is InChI=1S/C11H14O2S/c1-8-3-4-9(14-8)11(5-2-6-11)7-10(12)13/h3-4H,2,5-7H2,1H3,(H,12,13). The molecule has 0 unspecified atom stereocenters. The molecule has 1 fully saturated rings. The molecule has 1 aromatic rings. The fourth-order valence-corrected chi connectivity index (χ4v) is 3.23. The SMILES string of the molecule is Cc1ccc(C2(CC(=O)O)CCC2)s1. The summed E-state index contributed by atoms with van der Waals surface area (Å²) in [4.78, 5) is 13.3. The Hall–Kier alpha value is -0.830. The van der Waals surface area contributed by atoms with Crippen molar-refractivity contribution in [1.29, 1.82) is 0 Å². The Bertz CT molecular complexity index is 350. The smallest absolute Gasteiger partial charge is 0.304 e. The Balaban J connectivity index is 2.24. The molecule has 0 amide bonds. The van der Waals surface area contributed by atoms with Gasteiger partial charge in [0.25, 0.3) is 0 Å². The van der Waals surface area contributed by atoms with Gasteiger partial charge in [-0.05, 0) is 31.9 Å². The van der Waals surface area contributed by atoms with Gasteiger partial charge in [0, 0.05) is 15.2 Å². The van der Waals surface area contributed by atoms with Crippen molar-refractivity contribution in [1.82, 2.24) is 0 Å². The van der Waals surface area contributed by atoms with Gasteiger partial charge < -0.3 is 5.11 Å². The molecular weight excluding hydrogens is 196 g/mol. The summed E-state index contributed by atoms with van der Waals surface area (Å²) in [5, 5.41) is 8.89. The average Bonchev–Trinajstić information content (AvgIpc) is 2.44. The molecule has 1 heterocycles. The topological polar surface area (TPSA) is 37.3 Å². The summed E-state index contributed by atoms with van der Waals surface area (Å²) in [6, 6.07) is 4.18. The van der Waals surface area contributed by atoms with E-state index in [-0.39, 0.29) is 5.41 Å². The molecule has 0 saturated heterocycles. The zero-order valence-electron chi connectivity index (χ0n) is 8.25. The third kappa shape index (κ3) is 1.57. The van der Waals surface area contributed by atoms with Gasteiger partial charge in [0.1, 0.15) is 0 Å². The van der Waals surface area contributed by atoms with Crippen LogP contribution in [0.4, 0.5) is 0 Å². The second-order valence-corrected chi connectivity index (χ2v) is 5.40. The molecule has 76 valence electrons. The van der Waals surface area contributed by atoms with E-state index in [4.69, 9.17) is 5.11 Å². The van der Waals surface area contributed by atoms with Gasteiger partial charge in [-0.25, -0.2) is 0 Å². The number of carbonyl (C=O) groups is 1. The van der Waals surface area contributed by atoms with Crippen molar-refractivity contribution in [2.24, 2.45) is 0 Å². The zero-order chi connectivity index (χ0) is 10.2. The van der Waals surface area contributed by atoms with E-state index in [1.54, 1.807) is 11.3 Å². The summed E-state index contributed by atoms with van der Waals surface area (Å²) in [7, 11) is 0. The minimum Gasteiger partial charge on any atom is -0.481 e. The lowest BCUT2D eigenvalue weighted by Gasteiger charge is -2.40. The molecule has 1 aliphatic carbocycles. The number of rotatable bonds is 3. The first-order chi connectivity index (χ1) is 6.62. The molecule has 0 aliphatic heterocycles. The van der Waals surface area contributed by atoms with Crippen LogP contribution in [0.1, 0.15) is 35.4 Å². The molecule has 2 rings (SSSR count). The van der Waals surface area contributed by atoms with Gasteiger partial charge in [-0.15, -0.1) is 11.3 Å². The van der Waals surface area contributed by atoms with E-state index in [1.807, 2.05) is 0 Å². The minimum absolute atomic E-state index is 0.0231. The second-order valence-electron chi connectivity index (χ2n) is 4.11. The van der Waals surface area contributed by atoms with Crippen molar-refractivity contribution in [2.75, 3.05) is 0 Å². The van der Waals surface area contributed by atoms with Crippen LogP contribution in [0.2, 0.25) is 0 Å². The Morgan fingerprint density at radius 2 is 2.29 bits per heavy atom. The van der Waals surface area contributed by atoms with E-state index in [9.17, 15) is 4.79 Å². The van der Waals surface area contributed by atoms with Crippen molar-refractivity contribution in [2.45, 2.75) is 38.0 Å². The third-order valence-corrected chi connectivity index (χ3v) is 4.31. The summed E-state index contributed by atoms with van der Waals surface area (Å²) < 4.78 is 0. The van der Waals surface area contributed by atoms with Crippen molar-refractivity contribution in [3.05, 3.63) is 21.9 Å². The van der Waals surface area contributed by atoms with E-state index in [0.717, 1.165) is 12.8 Å². The molecule has 0 atom stereocenters. The molecule has 14 heavy (non-hydrogen) atoms. The maximum Gasteiger partial charge on any atom is 0.304 e. The fraction of sp³-hybridized carbons (Fsp3) is 0.545. The number of hydrogen-bond donors (Lipinski definition) is 1. The van der Waals surface area contributed by atoms with Crippen molar-refractivity contribution in [3.63, 3.8) is 0 Å². The van der Waals surface area contributed by atoms with E-state index in [2.05, 4.69) is 19.1 Å². The van der Waals surface area contributed by atoms with Gasteiger partial charge in [0.05, 0.1) is 6.42 Å². The highest BCUT2D eigenvalue weighted by Crippen LogP contribution is 2.48. The van der Waals surface area contributed by atoms with Gasteiger partial charge in [0.2, 0.25) is 0 Å². The zero-order valence-corrected chi connectivity index (χ0v) is 9.06. The van der Waals surface area contributed by atoms with Gasteiger partial charge >= 0.3 is 5.97 Å². The van der Waals surface area contributed by atoms with Crippen LogP contribution >= 0.6 is 11.3 Å². The fourth-order valence-electron chi connectivity index (χ4n) is 2.12. The number of carboxylic acid groups (broad SMARTS) is 1. The molecule has 0 aromatic carbocycles. The minimum atomic E-state index is -0.671. The molecule has 1 saturated carbocycles. The normalized spacial score (nSPS) is 18.9. The van der Waals surface area contributed by atoms with E-state index in [0.29, 0.717) is 6.42 Å². The van der Waals surface area contributed by atoms with Crippen LogP contribution in [0.25, 0.3) is 0 Å². The molecule has 0 spiro atoms. The third-order valence-electron chi connectivity index (χ3n) is 3.06. The Labute approximate surface area is 87.6 Å². The highest BCUT2D eigenvalue weighted by atomic mass is 32.1.